The van der Waals surface area contributed by atoms with Crippen molar-refractivity contribution in [3.05, 3.63) is 99.5 Å². The molecule has 0 spiro atoms. The van der Waals surface area contributed by atoms with Crippen LogP contribution in [0.4, 0.5) is 5.69 Å². The van der Waals surface area contributed by atoms with E-state index in [2.05, 4.69) is 5.32 Å². The number of aromatic nitrogens is 1. The van der Waals surface area contributed by atoms with Crippen molar-refractivity contribution < 1.29 is 14.4 Å². The lowest BCUT2D eigenvalue weighted by Crippen LogP contribution is -2.32. The van der Waals surface area contributed by atoms with Gasteiger partial charge in [-0.2, -0.15) is 4.73 Å². The number of aryl methyl sites for hydroxylation is 1. The van der Waals surface area contributed by atoms with Crippen molar-refractivity contribution in [3.63, 3.8) is 0 Å². The maximum atomic E-state index is 12.6. The van der Waals surface area contributed by atoms with Gasteiger partial charge in [0.1, 0.15) is 12.2 Å². The molecule has 2 aromatic carbocycles. The van der Waals surface area contributed by atoms with Crippen molar-refractivity contribution in [1.29, 1.82) is 0 Å². The van der Waals surface area contributed by atoms with Gasteiger partial charge < -0.3 is 10.2 Å². The Hall–Kier alpha value is -3.67. The lowest BCUT2D eigenvalue weighted by molar-refractivity contribution is 0.0863. The highest BCUT2D eigenvalue weighted by Gasteiger charge is 2.13. The van der Waals surface area contributed by atoms with Crippen LogP contribution in [0.5, 0.6) is 0 Å². The number of pyridine rings is 1. The number of amides is 1. The van der Waals surface area contributed by atoms with Crippen molar-refractivity contribution in [1.82, 2.24) is 4.73 Å². The smallest absolute Gasteiger partial charge is 0.295 e. The van der Waals surface area contributed by atoms with E-state index in [1.165, 1.54) is 19.2 Å². The first-order chi connectivity index (χ1) is 13.4. The summed E-state index contributed by atoms with van der Waals surface area (Å²) in [6, 6.07) is 17.3. The van der Waals surface area contributed by atoms with E-state index in [-0.39, 0.29) is 18.0 Å². The minimum Gasteiger partial charge on any atom is -0.406 e. The van der Waals surface area contributed by atoms with E-state index in [0.29, 0.717) is 11.3 Å². The average molecular weight is 376 g/mol. The predicted octanol–water partition coefficient (Wildman–Crippen LogP) is 3.24. The molecule has 1 N–H and O–H groups in total. The van der Waals surface area contributed by atoms with Gasteiger partial charge in [0.15, 0.2) is 5.78 Å². The number of Topliss-reactive ketones (excluding diaryl/α,β-unsaturated/α-hetero) is 1. The molecule has 3 aromatic rings. The van der Waals surface area contributed by atoms with Crippen molar-refractivity contribution in [2.24, 2.45) is 0 Å². The predicted molar refractivity (Wildman–Crippen MR) is 107 cm³/mol. The van der Waals surface area contributed by atoms with E-state index in [1.54, 1.807) is 30.3 Å². The topological polar surface area (TPSA) is 77.4 Å². The standard InChI is InChI=1S/C22H20N2O4/c1-15-8-10-17(11-9-15)14-28-24-12-4-7-20(22(24)27)21(26)23-19-6-3-5-18(13-19)16(2)25/h3-13H,14H2,1-2H3,(H,23,26). The first kappa shape index (κ1) is 19.1. The summed E-state index contributed by atoms with van der Waals surface area (Å²) < 4.78 is 1.04. The molecule has 0 saturated heterocycles. The lowest BCUT2D eigenvalue weighted by atomic mass is 10.1. The molecule has 3 rings (SSSR count). The second-order valence-corrected chi connectivity index (χ2v) is 6.40. The van der Waals surface area contributed by atoms with Gasteiger partial charge in [-0.3, -0.25) is 14.4 Å². The van der Waals surface area contributed by atoms with Gasteiger partial charge >= 0.3 is 0 Å². The maximum Gasteiger partial charge on any atom is 0.295 e. The first-order valence-corrected chi connectivity index (χ1v) is 8.77. The summed E-state index contributed by atoms with van der Waals surface area (Å²) >= 11 is 0. The fourth-order valence-corrected chi connectivity index (χ4v) is 2.59. The molecule has 1 aromatic heterocycles. The molecule has 0 aliphatic rings. The van der Waals surface area contributed by atoms with E-state index in [0.717, 1.165) is 15.9 Å². The molecular weight excluding hydrogens is 356 g/mol. The second kappa shape index (κ2) is 8.35. The molecule has 142 valence electrons. The Morgan fingerprint density at radius 1 is 1.04 bits per heavy atom. The summed E-state index contributed by atoms with van der Waals surface area (Å²) in [5, 5.41) is 2.64. The van der Waals surface area contributed by atoms with Gasteiger partial charge in [0.25, 0.3) is 11.5 Å². The Morgan fingerprint density at radius 3 is 2.50 bits per heavy atom. The average Bonchev–Trinajstić information content (AvgIpc) is 2.68. The van der Waals surface area contributed by atoms with Crippen LogP contribution in [0.1, 0.15) is 38.8 Å². The molecule has 0 aliphatic heterocycles. The Bertz CT molecular complexity index is 1070. The van der Waals surface area contributed by atoms with Gasteiger partial charge in [-0.25, -0.2) is 0 Å². The summed E-state index contributed by atoms with van der Waals surface area (Å²) in [7, 11) is 0. The molecule has 1 heterocycles. The highest BCUT2D eigenvalue weighted by atomic mass is 16.7. The third-order valence-corrected chi connectivity index (χ3v) is 4.18. The number of anilines is 1. The molecule has 0 aliphatic carbocycles. The number of carbonyl (C=O) groups excluding carboxylic acids is 2. The number of nitrogens with one attached hydrogen (secondary N) is 1. The van der Waals surface area contributed by atoms with E-state index in [4.69, 9.17) is 4.84 Å². The molecule has 6 nitrogen and oxygen atoms in total. The zero-order valence-corrected chi connectivity index (χ0v) is 15.6. The van der Waals surface area contributed by atoms with Gasteiger partial charge in [0.05, 0.1) is 0 Å². The van der Waals surface area contributed by atoms with Crippen LogP contribution in [0.2, 0.25) is 0 Å². The molecule has 1 amide bonds. The van der Waals surface area contributed by atoms with Crippen LogP contribution in [0.25, 0.3) is 0 Å². The third-order valence-electron chi connectivity index (χ3n) is 4.18. The maximum absolute atomic E-state index is 12.6. The van der Waals surface area contributed by atoms with E-state index >= 15 is 0 Å². The van der Waals surface area contributed by atoms with Crippen molar-refractivity contribution in [2.75, 3.05) is 5.32 Å². The zero-order chi connectivity index (χ0) is 20.1. The number of nitrogens with zero attached hydrogens (tertiary/aromatic N) is 1. The van der Waals surface area contributed by atoms with Gasteiger partial charge in [-0.05, 0) is 43.7 Å². The Kier molecular flexibility index (Phi) is 5.69. The monoisotopic (exact) mass is 376 g/mol. The van der Waals surface area contributed by atoms with Crippen LogP contribution >= 0.6 is 0 Å². The van der Waals surface area contributed by atoms with E-state index in [1.807, 2.05) is 31.2 Å². The lowest BCUT2D eigenvalue weighted by Gasteiger charge is -2.11. The molecule has 28 heavy (non-hydrogen) atoms. The number of carbonyl (C=O) groups is 2. The van der Waals surface area contributed by atoms with Crippen molar-refractivity contribution in [3.8, 4) is 0 Å². The Morgan fingerprint density at radius 2 is 1.79 bits per heavy atom. The van der Waals surface area contributed by atoms with Gasteiger partial charge in [-0.15, -0.1) is 0 Å². The number of ketones is 1. The van der Waals surface area contributed by atoms with Crippen LogP contribution in [-0.2, 0) is 6.61 Å². The fraction of sp³-hybridized carbons (Fsp3) is 0.136. The molecule has 0 fully saturated rings. The SMILES string of the molecule is CC(=O)c1cccc(NC(=O)c2cccn(OCc3ccc(C)cc3)c2=O)c1. The van der Waals surface area contributed by atoms with Crippen LogP contribution in [-0.4, -0.2) is 16.4 Å². The van der Waals surface area contributed by atoms with E-state index < -0.39 is 11.5 Å². The summed E-state index contributed by atoms with van der Waals surface area (Å²) in [5.41, 5.74) is 2.34. The summed E-state index contributed by atoms with van der Waals surface area (Å²) in [4.78, 5) is 42.1. The van der Waals surface area contributed by atoms with Crippen LogP contribution in [0.3, 0.4) is 0 Å². The minimum absolute atomic E-state index is 0.0559. The molecule has 6 heteroatoms. The summed E-state index contributed by atoms with van der Waals surface area (Å²) in [5.74, 6) is -0.679. The molecule has 0 saturated carbocycles. The van der Waals surface area contributed by atoms with Crippen LogP contribution in [0.15, 0.2) is 71.7 Å². The van der Waals surface area contributed by atoms with Crippen LogP contribution < -0.4 is 15.7 Å². The van der Waals surface area contributed by atoms with E-state index in [9.17, 15) is 14.4 Å². The number of benzene rings is 2. The van der Waals surface area contributed by atoms with Crippen LogP contribution in [0, 0.1) is 6.92 Å². The normalized spacial score (nSPS) is 10.4. The second-order valence-electron chi connectivity index (χ2n) is 6.40. The largest absolute Gasteiger partial charge is 0.406 e. The van der Waals surface area contributed by atoms with Gasteiger partial charge in [0.2, 0.25) is 0 Å². The minimum atomic E-state index is -0.570. The number of hydrogen-bond donors (Lipinski definition) is 1. The number of hydrogen-bond acceptors (Lipinski definition) is 4. The summed E-state index contributed by atoms with van der Waals surface area (Å²) in [6.07, 6.45) is 1.46. The Labute approximate surface area is 162 Å². The fourth-order valence-electron chi connectivity index (χ4n) is 2.59. The molecule has 0 atom stereocenters. The molecular formula is C22H20N2O4. The molecule has 0 radical (unpaired) electrons. The Balaban J connectivity index is 1.75. The van der Waals surface area contributed by atoms with Gasteiger partial charge in [0, 0.05) is 17.4 Å². The highest BCUT2D eigenvalue weighted by Crippen LogP contribution is 2.12. The third kappa shape index (κ3) is 4.54. The highest BCUT2D eigenvalue weighted by molar-refractivity contribution is 6.04. The van der Waals surface area contributed by atoms with Crippen molar-refractivity contribution >= 4 is 17.4 Å². The van der Waals surface area contributed by atoms with Crippen molar-refractivity contribution in [2.45, 2.75) is 20.5 Å². The first-order valence-electron chi connectivity index (χ1n) is 8.77. The summed E-state index contributed by atoms with van der Waals surface area (Å²) in [6.45, 7) is 3.64. The van der Waals surface area contributed by atoms with Gasteiger partial charge in [-0.1, -0.05) is 42.0 Å². The molecule has 0 unspecified atom stereocenters. The number of rotatable bonds is 6. The quantitative estimate of drug-likeness (QED) is 0.670. The molecule has 0 bridgehead atoms. The zero-order valence-electron chi connectivity index (χ0n) is 15.6.